The van der Waals surface area contributed by atoms with Crippen LogP contribution in [0.4, 0.5) is 0 Å². The van der Waals surface area contributed by atoms with Crippen LogP contribution in [0.5, 0.6) is 0 Å². The van der Waals surface area contributed by atoms with E-state index in [1.54, 1.807) is 0 Å². The van der Waals surface area contributed by atoms with Gasteiger partial charge in [-0.15, -0.1) is 0 Å². The van der Waals surface area contributed by atoms with Gasteiger partial charge in [0.25, 0.3) is 0 Å². The van der Waals surface area contributed by atoms with E-state index in [0.29, 0.717) is 13.0 Å². The van der Waals surface area contributed by atoms with Gasteiger partial charge in [-0.25, -0.2) is 4.79 Å². The Bertz CT molecular complexity index is 666. The first-order valence-corrected chi connectivity index (χ1v) is 19.0. The second-order valence-electron chi connectivity index (χ2n) is 13.6. The highest BCUT2D eigenvalue weighted by Gasteiger charge is 2.23. The number of esters is 1. The highest BCUT2D eigenvalue weighted by atomic mass is 16.5. The molecule has 0 fully saturated rings. The molecule has 0 aromatic carbocycles. The van der Waals surface area contributed by atoms with Gasteiger partial charge in [0.15, 0.2) is 0 Å². The lowest BCUT2D eigenvalue weighted by Gasteiger charge is -2.17. The van der Waals surface area contributed by atoms with Crippen LogP contribution in [0.2, 0.25) is 0 Å². The lowest BCUT2D eigenvalue weighted by Crippen LogP contribution is -2.42. The van der Waals surface area contributed by atoms with Crippen molar-refractivity contribution in [1.82, 2.24) is 5.32 Å². The number of carbonyl (C=O) groups excluding carboxylic acids is 2. The number of nitrogens with one attached hydrogen (secondary N) is 1. The molecular formula is C38H73NO5. The number of carboxylic acid groups (broad SMARTS) is 1. The van der Waals surface area contributed by atoms with Gasteiger partial charge < -0.3 is 15.2 Å². The predicted molar refractivity (Wildman–Crippen MR) is 185 cm³/mol. The van der Waals surface area contributed by atoms with E-state index < -0.39 is 18.0 Å². The fourth-order valence-corrected chi connectivity index (χ4v) is 5.78. The average Bonchev–Trinajstić information content (AvgIpc) is 2.99. The van der Waals surface area contributed by atoms with E-state index in [0.717, 1.165) is 44.4 Å². The lowest BCUT2D eigenvalue weighted by molar-refractivity contribution is -0.148. The average molecular weight is 624 g/mol. The van der Waals surface area contributed by atoms with Crippen LogP contribution in [-0.4, -0.2) is 35.6 Å². The Hall–Kier alpha value is -1.59. The molecule has 44 heavy (non-hydrogen) atoms. The van der Waals surface area contributed by atoms with Gasteiger partial charge in [-0.05, 0) is 25.2 Å². The van der Waals surface area contributed by atoms with Crippen LogP contribution in [0.15, 0.2) is 0 Å². The summed E-state index contributed by atoms with van der Waals surface area (Å²) in [6.07, 6.45) is 32.9. The Balaban J connectivity index is 3.82. The fraction of sp³-hybridized carbons (Fsp3) is 0.921. The third kappa shape index (κ3) is 31.8. The van der Waals surface area contributed by atoms with E-state index in [9.17, 15) is 14.4 Å². The van der Waals surface area contributed by atoms with Crippen molar-refractivity contribution in [2.75, 3.05) is 6.61 Å². The first-order chi connectivity index (χ1) is 21.4. The minimum absolute atomic E-state index is 0.0652. The Morgan fingerprint density at radius 3 is 1.39 bits per heavy atom. The Labute approximate surface area is 272 Å². The Kier molecular flexibility index (Phi) is 31.6. The van der Waals surface area contributed by atoms with E-state index >= 15 is 0 Å². The van der Waals surface area contributed by atoms with Gasteiger partial charge in [0.2, 0.25) is 5.91 Å². The molecule has 0 aliphatic carbocycles. The molecule has 0 aliphatic heterocycles. The number of hydrogen-bond acceptors (Lipinski definition) is 4. The van der Waals surface area contributed by atoms with Crippen molar-refractivity contribution in [3.8, 4) is 0 Å². The van der Waals surface area contributed by atoms with Crippen LogP contribution in [0.1, 0.15) is 207 Å². The van der Waals surface area contributed by atoms with Gasteiger partial charge in [0, 0.05) is 12.8 Å². The number of ether oxygens (including phenoxy) is 1. The van der Waals surface area contributed by atoms with Crippen LogP contribution >= 0.6 is 0 Å². The predicted octanol–water partition coefficient (Wildman–Crippen LogP) is 11.1. The molecule has 0 spiro atoms. The molecule has 0 radical (unpaired) electrons. The molecular weight excluding hydrogens is 550 g/mol. The molecule has 0 aromatic rings. The summed E-state index contributed by atoms with van der Waals surface area (Å²) in [5.74, 6) is -0.878. The zero-order valence-electron chi connectivity index (χ0n) is 29.4. The van der Waals surface area contributed by atoms with Crippen molar-refractivity contribution in [3.63, 3.8) is 0 Å². The Morgan fingerprint density at radius 1 is 0.545 bits per heavy atom. The van der Waals surface area contributed by atoms with Gasteiger partial charge in [-0.2, -0.15) is 0 Å². The summed E-state index contributed by atoms with van der Waals surface area (Å²) in [4.78, 5) is 36.1. The molecule has 0 aromatic heterocycles. The molecule has 1 amide bonds. The van der Waals surface area contributed by atoms with E-state index in [2.05, 4.69) is 26.1 Å². The second-order valence-corrected chi connectivity index (χ2v) is 13.6. The molecule has 0 saturated heterocycles. The quantitative estimate of drug-likeness (QED) is 0.0549. The summed E-state index contributed by atoms with van der Waals surface area (Å²) in [7, 11) is 0. The summed E-state index contributed by atoms with van der Waals surface area (Å²) in [6.45, 7) is 7.15. The zero-order valence-corrected chi connectivity index (χ0v) is 29.4. The number of hydrogen-bond donors (Lipinski definition) is 2. The maximum Gasteiger partial charge on any atom is 0.328 e. The first-order valence-electron chi connectivity index (χ1n) is 19.0. The molecule has 0 saturated carbocycles. The van der Waals surface area contributed by atoms with E-state index in [-0.39, 0.29) is 18.7 Å². The molecule has 0 aliphatic rings. The van der Waals surface area contributed by atoms with E-state index in [1.165, 1.54) is 128 Å². The minimum atomic E-state index is -0.977. The van der Waals surface area contributed by atoms with Crippen molar-refractivity contribution in [1.29, 1.82) is 0 Å². The first kappa shape index (κ1) is 42.4. The van der Waals surface area contributed by atoms with Crippen molar-refractivity contribution < 1.29 is 24.2 Å². The highest BCUT2D eigenvalue weighted by Crippen LogP contribution is 2.15. The fourth-order valence-electron chi connectivity index (χ4n) is 5.78. The van der Waals surface area contributed by atoms with Crippen molar-refractivity contribution >= 4 is 17.8 Å². The SMILES string of the molecule is CCCCCCCCCCCCCCCCCCCC(=O)N[C@@H](CCC(=O)O)C(=O)OCCCCCCCCCCC(C)C. The van der Waals surface area contributed by atoms with Gasteiger partial charge in [0.05, 0.1) is 6.61 Å². The molecule has 0 rings (SSSR count). The zero-order chi connectivity index (χ0) is 32.5. The number of carboxylic acids is 1. The summed E-state index contributed by atoms with van der Waals surface area (Å²) < 4.78 is 5.41. The molecule has 0 unspecified atom stereocenters. The monoisotopic (exact) mass is 624 g/mol. The summed E-state index contributed by atoms with van der Waals surface area (Å²) in [5.41, 5.74) is 0. The van der Waals surface area contributed by atoms with Crippen molar-refractivity contribution in [3.05, 3.63) is 0 Å². The number of carbonyl (C=O) groups is 3. The van der Waals surface area contributed by atoms with E-state index in [4.69, 9.17) is 9.84 Å². The summed E-state index contributed by atoms with van der Waals surface area (Å²) >= 11 is 0. The molecule has 0 bridgehead atoms. The molecule has 0 heterocycles. The van der Waals surface area contributed by atoms with Crippen LogP contribution in [0.3, 0.4) is 0 Å². The van der Waals surface area contributed by atoms with Crippen LogP contribution in [0.25, 0.3) is 0 Å². The normalized spacial score (nSPS) is 12.0. The van der Waals surface area contributed by atoms with Gasteiger partial charge in [-0.1, -0.05) is 175 Å². The number of amides is 1. The molecule has 260 valence electrons. The number of rotatable bonds is 34. The smallest absolute Gasteiger partial charge is 0.328 e. The summed E-state index contributed by atoms with van der Waals surface area (Å²) in [6, 6.07) is -0.879. The largest absolute Gasteiger partial charge is 0.481 e. The van der Waals surface area contributed by atoms with Gasteiger partial charge in [-0.3, -0.25) is 9.59 Å². The summed E-state index contributed by atoms with van der Waals surface area (Å²) in [5, 5.41) is 11.8. The molecule has 1 atom stereocenters. The van der Waals surface area contributed by atoms with E-state index in [1.807, 2.05) is 0 Å². The second kappa shape index (κ2) is 32.8. The lowest BCUT2D eigenvalue weighted by atomic mass is 10.0. The van der Waals surface area contributed by atoms with Crippen LogP contribution in [-0.2, 0) is 19.1 Å². The third-order valence-corrected chi connectivity index (χ3v) is 8.69. The maximum atomic E-state index is 12.6. The molecule has 6 nitrogen and oxygen atoms in total. The Morgan fingerprint density at radius 2 is 0.955 bits per heavy atom. The van der Waals surface area contributed by atoms with Crippen LogP contribution < -0.4 is 5.32 Å². The molecule has 2 N–H and O–H groups in total. The highest BCUT2D eigenvalue weighted by molar-refractivity contribution is 5.84. The topological polar surface area (TPSA) is 92.7 Å². The maximum absolute atomic E-state index is 12.6. The van der Waals surface area contributed by atoms with Crippen LogP contribution in [0, 0.1) is 5.92 Å². The minimum Gasteiger partial charge on any atom is -0.481 e. The van der Waals surface area contributed by atoms with Crippen molar-refractivity contribution in [2.45, 2.75) is 213 Å². The third-order valence-electron chi connectivity index (χ3n) is 8.69. The standard InChI is InChI=1S/C38H73NO5/c1-4-5-6-7-8-9-10-11-12-13-14-15-16-17-21-24-27-30-36(40)39-35(31-32-37(41)42)38(43)44-33-28-25-22-19-18-20-23-26-29-34(2)3/h34-35H,4-33H2,1-3H3,(H,39,40)(H,41,42)/t35-/m0/s1. The number of aliphatic carboxylic acids is 1. The molecule has 6 heteroatoms. The number of unbranched alkanes of at least 4 members (excludes halogenated alkanes) is 23. The van der Waals surface area contributed by atoms with Gasteiger partial charge >= 0.3 is 11.9 Å². The van der Waals surface area contributed by atoms with Crippen molar-refractivity contribution in [2.24, 2.45) is 5.92 Å². The van der Waals surface area contributed by atoms with Gasteiger partial charge in [0.1, 0.15) is 6.04 Å².